The molecule has 12 rings (SSSR count). The van der Waals surface area contributed by atoms with Crippen molar-refractivity contribution in [2.24, 2.45) is 35.5 Å². The average Bonchev–Trinajstić information content (AvgIpc) is 2.28. The number of aliphatic hydroxyl groups excluding tert-OH is 2. The summed E-state index contributed by atoms with van der Waals surface area (Å²) < 4.78 is 68.9. The molecule has 448 valence electrons. The minimum Gasteiger partial charge on any atom is -0.490 e. The van der Waals surface area contributed by atoms with Crippen molar-refractivity contribution in [2.75, 3.05) is 60.7 Å². The summed E-state index contributed by atoms with van der Waals surface area (Å²) >= 11 is 12.7. The summed E-state index contributed by atoms with van der Waals surface area (Å²) in [6.07, 6.45) is 13.6. The molecule has 2 saturated carbocycles. The van der Waals surface area contributed by atoms with E-state index in [0.29, 0.717) is 73.4 Å². The van der Waals surface area contributed by atoms with Gasteiger partial charge in [-0.15, -0.1) is 0 Å². The first kappa shape index (κ1) is 62.0. The van der Waals surface area contributed by atoms with E-state index in [1.54, 1.807) is 36.4 Å². The number of sulfonamides is 2. The lowest BCUT2D eigenvalue weighted by atomic mass is 9.68. The van der Waals surface area contributed by atoms with Crippen molar-refractivity contribution in [3.63, 3.8) is 0 Å². The van der Waals surface area contributed by atoms with Crippen molar-refractivity contribution in [3.05, 3.63) is 116 Å². The van der Waals surface area contributed by atoms with Gasteiger partial charge in [0.2, 0.25) is 20.0 Å². The Bertz CT molecular complexity index is 3010. The van der Waals surface area contributed by atoms with Gasteiger partial charge in [0.15, 0.2) is 0 Å². The molecule has 0 saturated heterocycles. The van der Waals surface area contributed by atoms with E-state index in [9.17, 15) is 36.6 Å². The van der Waals surface area contributed by atoms with Crippen LogP contribution in [0.3, 0.4) is 0 Å². The van der Waals surface area contributed by atoms with Crippen LogP contribution in [0.1, 0.15) is 162 Å². The minimum atomic E-state index is -3.80. The van der Waals surface area contributed by atoms with Crippen LogP contribution in [0, 0.1) is 35.5 Å². The topological polar surface area (TPSA) is 192 Å². The Labute approximate surface area is 497 Å². The van der Waals surface area contributed by atoms with E-state index in [0.717, 1.165) is 125 Å². The number of halogens is 2. The lowest BCUT2D eigenvalue weighted by Crippen LogP contribution is -2.49. The maximum Gasteiger partial charge on any atom is 0.264 e. The molecule has 2 fully saturated rings. The van der Waals surface area contributed by atoms with Crippen molar-refractivity contribution in [3.8, 4) is 11.5 Å². The third-order valence-corrected chi connectivity index (χ3v) is 22.8. The maximum absolute atomic E-state index is 13.2. The van der Waals surface area contributed by atoms with Gasteiger partial charge in [-0.05, 0) is 208 Å². The molecule has 0 aromatic heterocycles. The number of aryl methyl sites for hydroxylation is 2. The Morgan fingerprint density at radius 1 is 0.549 bits per heavy atom. The number of aliphatic hydroxyl groups is 2. The smallest absolute Gasteiger partial charge is 0.264 e. The van der Waals surface area contributed by atoms with Gasteiger partial charge in [0, 0.05) is 58.2 Å². The zero-order valence-electron chi connectivity index (χ0n) is 46.1. The number of carbonyl (C=O) groups excluding carboxylic acids is 2. The van der Waals surface area contributed by atoms with E-state index in [2.05, 4.69) is 43.5 Å². The zero-order valence-corrected chi connectivity index (χ0v) is 49.3. The van der Waals surface area contributed by atoms with Gasteiger partial charge >= 0.3 is 0 Å². The molecule has 4 aromatic rings. The number of hydrogen-bond acceptors (Lipinski definition) is 12. The van der Waals surface area contributed by atoms with Gasteiger partial charge in [-0.25, -0.2) is 26.3 Å². The fourth-order valence-electron chi connectivity index (χ4n) is 14.9. The van der Waals surface area contributed by atoms with Gasteiger partial charge in [-0.3, -0.25) is 9.59 Å². The van der Waals surface area contributed by atoms with E-state index in [4.69, 9.17) is 32.7 Å². The SMILES string of the molecule is C.C.C[C@@H]1CCC[C@H](O)[C@@H]2CC[C@H]2CN2C[C@@]3(CCCc4cc(Cl)ccc43)COc3ccc(cc32)C(=O)NS(=O)(=O)C1.C[C@H]1CCC[C@H](O)[C@@H]2CC[C@H]2CN2C[C@@]3(CCCc4cc(Cl)ccc43)COc3ccc(cc32)C(=O)NS(=O)(=O)C1. The van der Waals surface area contributed by atoms with E-state index >= 15 is 0 Å². The minimum absolute atomic E-state index is 0. The largest absolute Gasteiger partial charge is 0.490 e. The average molecular weight is 1210 g/mol. The number of nitrogens with one attached hydrogen (secondary N) is 2. The van der Waals surface area contributed by atoms with E-state index < -0.39 is 44.1 Å². The number of rotatable bonds is 0. The number of benzene rings is 4. The highest BCUT2D eigenvalue weighted by Crippen LogP contribution is 2.49. The summed E-state index contributed by atoms with van der Waals surface area (Å²) in [4.78, 5) is 31.0. The first-order chi connectivity index (χ1) is 38.2. The van der Waals surface area contributed by atoms with Crippen LogP contribution in [0.25, 0.3) is 0 Å². The molecule has 0 unspecified atom stereocenters. The summed E-state index contributed by atoms with van der Waals surface area (Å²) in [5.74, 6) is 0.840. The number of hydrogen-bond donors (Lipinski definition) is 4. The molecule has 8 aliphatic rings. The fourth-order valence-corrected chi connectivity index (χ4v) is 18.1. The van der Waals surface area contributed by atoms with Crippen LogP contribution in [0.2, 0.25) is 10.0 Å². The number of anilines is 2. The van der Waals surface area contributed by atoms with Crippen LogP contribution in [0.15, 0.2) is 72.8 Å². The molecule has 18 heteroatoms. The molecule has 4 aromatic carbocycles. The highest BCUT2D eigenvalue weighted by Gasteiger charge is 2.47. The van der Waals surface area contributed by atoms with Gasteiger partial charge in [-0.2, -0.15) is 0 Å². The Morgan fingerprint density at radius 2 is 0.963 bits per heavy atom. The Morgan fingerprint density at radius 3 is 1.35 bits per heavy atom. The molecule has 2 amide bonds. The highest BCUT2D eigenvalue weighted by atomic mass is 35.5. The quantitative estimate of drug-likeness (QED) is 0.130. The van der Waals surface area contributed by atoms with Crippen LogP contribution < -0.4 is 28.7 Å². The third kappa shape index (κ3) is 13.3. The predicted octanol–water partition coefficient (Wildman–Crippen LogP) is 11.4. The molecule has 4 heterocycles. The van der Waals surface area contributed by atoms with Crippen molar-refractivity contribution >= 4 is 66.4 Å². The molecule has 4 aliphatic heterocycles. The van der Waals surface area contributed by atoms with E-state index in [-0.39, 0.29) is 60.9 Å². The van der Waals surface area contributed by atoms with Crippen molar-refractivity contribution < 1.29 is 46.1 Å². The molecule has 82 heavy (non-hydrogen) atoms. The first-order valence-corrected chi connectivity index (χ1v) is 33.4. The predicted molar refractivity (Wildman–Crippen MR) is 327 cm³/mol. The number of carbonyl (C=O) groups is 2. The third-order valence-electron chi connectivity index (χ3n) is 19.3. The molecular weight excluding hydrogens is 1120 g/mol. The second-order valence-electron chi connectivity index (χ2n) is 25.2. The number of amides is 2. The number of fused-ring (bicyclic) bond motifs is 8. The Kier molecular flexibility index (Phi) is 19.0. The molecule has 2 spiro atoms. The standard InChI is InChI=1S/2C31H39ClN2O5S.2CH4/c2*1-20-4-2-6-28(35)25-10-7-23(25)16-34-18-31(13-3-5-21-14-24(32)9-11-26(21)31)19-39-29-12-8-22(15-27(29)34)30(36)33-40(37,38)17-20;;/h2*8-9,11-12,14-15,20,23,25,28,35H,2-7,10,13,16-19H2,1H3,(H,33,36);2*1H4/t20-,23+,25-,28+,31+;20-,23-,25+,28-,31-;;/m10../s1. The molecule has 10 atom stereocenters. The van der Waals surface area contributed by atoms with Gasteiger partial charge in [0.05, 0.1) is 48.3 Å². The molecular formula is C64H86Cl2N4O10S2. The molecule has 4 bridgehead atoms. The Hall–Kier alpha value is -4.58. The molecule has 4 N–H and O–H groups in total. The number of ether oxygens (including phenoxy) is 2. The maximum atomic E-state index is 13.2. The van der Waals surface area contributed by atoms with Crippen molar-refractivity contribution in [2.45, 2.75) is 154 Å². The Balaban J connectivity index is 0.000000193. The van der Waals surface area contributed by atoms with Crippen molar-refractivity contribution in [1.82, 2.24) is 9.44 Å². The molecule has 14 nitrogen and oxygen atoms in total. The highest BCUT2D eigenvalue weighted by molar-refractivity contribution is 7.90. The van der Waals surface area contributed by atoms with Gasteiger partial charge in [0.25, 0.3) is 11.8 Å². The molecule has 0 radical (unpaired) electrons. The number of nitrogens with zero attached hydrogens (tertiary/aromatic N) is 2. The van der Waals surface area contributed by atoms with Crippen LogP contribution in [0.4, 0.5) is 11.4 Å². The normalized spacial score (nSPS) is 31.3. The van der Waals surface area contributed by atoms with Gasteiger partial charge < -0.3 is 29.5 Å². The summed E-state index contributed by atoms with van der Waals surface area (Å²) in [6, 6.07) is 22.8. The monoisotopic (exact) mass is 1200 g/mol. The lowest BCUT2D eigenvalue weighted by molar-refractivity contribution is 0.00848. The first-order valence-electron chi connectivity index (χ1n) is 29.3. The summed E-state index contributed by atoms with van der Waals surface area (Å²) in [6.45, 7) is 7.74. The van der Waals surface area contributed by atoms with E-state index in [1.807, 2.05) is 26.0 Å². The summed E-state index contributed by atoms with van der Waals surface area (Å²) in [5.41, 5.74) is 6.80. The fraction of sp³-hybridized carbons (Fsp3) is 0.594. The zero-order chi connectivity index (χ0) is 56.1. The van der Waals surface area contributed by atoms with Crippen LogP contribution >= 0.6 is 23.2 Å². The second kappa shape index (κ2) is 25.2. The van der Waals surface area contributed by atoms with Gasteiger partial charge in [-0.1, -0.05) is 76.9 Å². The lowest BCUT2D eigenvalue weighted by Gasteiger charge is -2.45. The van der Waals surface area contributed by atoms with Crippen LogP contribution in [0.5, 0.6) is 11.5 Å². The summed E-state index contributed by atoms with van der Waals surface area (Å²) in [5, 5.41) is 23.7. The second-order valence-corrected chi connectivity index (χ2v) is 29.6. The van der Waals surface area contributed by atoms with Crippen molar-refractivity contribution in [1.29, 1.82) is 0 Å². The van der Waals surface area contributed by atoms with E-state index in [1.165, 1.54) is 22.3 Å². The van der Waals surface area contributed by atoms with Crippen LogP contribution in [-0.4, -0.2) is 102 Å². The summed E-state index contributed by atoms with van der Waals surface area (Å²) in [7, 11) is -7.60. The van der Waals surface area contributed by atoms with Gasteiger partial charge in [0.1, 0.15) is 11.5 Å². The molecule has 4 aliphatic carbocycles. The van der Waals surface area contributed by atoms with Crippen LogP contribution in [-0.2, 0) is 43.7 Å².